The molecule has 4 rings (SSSR count). The molecule has 2 aromatic carbocycles. The second-order valence-corrected chi connectivity index (χ2v) is 8.26. The van der Waals surface area contributed by atoms with Gasteiger partial charge in [-0.25, -0.2) is 4.39 Å². The summed E-state index contributed by atoms with van der Waals surface area (Å²) in [5, 5.41) is 0.843. The van der Waals surface area contributed by atoms with E-state index in [1.54, 1.807) is 31.1 Å². The van der Waals surface area contributed by atoms with E-state index in [0.29, 0.717) is 31.5 Å². The van der Waals surface area contributed by atoms with Crippen LogP contribution in [0.2, 0.25) is 0 Å². The van der Waals surface area contributed by atoms with Gasteiger partial charge in [0.25, 0.3) is 5.91 Å². The van der Waals surface area contributed by atoms with Crippen LogP contribution < -0.4 is 0 Å². The number of hydrogen-bond donors (Lipinski definition) is 0. The highest BCUT2D eigenvalue weighted by atomic mass is 19.1. The summed E-state index contributed by atoms with van der Waals surface area (Å²) in [6, 6.07) is 15.8. The Kier molecular flexibility index (Phi) is 5.98. The van der Waals surface area contributed by atoms with Gasteiger partial charge < -0.3 is 9.80 Å². The van der Waals surface area contributed by atoms with Crippen molar-refractivity contribution in [2.45, 2.75) is 25.2 Å². The average Bonchev–Trinajstić information content (AvgIpc) is 3.27. The predicted molar refractivity (Wildman–Crippen MR) is 118 cm³/mol. The minimum Gasteiger partial charge on any atom is -0.345 e. The van der Waals surface area contributed by atoms with Crippen LogP contribution in [0.25, 0.3) is 10.9 Å². The van der Waals surface area contributed by atoms with Crippen molar-refractivity contribution in [3.05, 3.63) is 77.2 Å². The van der Waals surface area contributed by atoms with Gasteiger partial charge in [0.15, 0.2) is 0 Å². The molecule has 1 aromatic heterocycles. The number of likely N-dealkylation sites (tertiary alicyclic amines) is 1. The monoisotopic (exact) mass is 419 g/mol. The minimum atomic E-state index is -0.271. The first-order valence-electron chi connectivity index (χ1n) is 10.6. The van der Waals surface area contributed by atoms with Crippen LogP contribution >= 0.6 is 0 Å². The maximum atomic E-state index is 13.1. The molecule has 1 fully saturated rings. The first-order valence-corrected chi connectivity index (χ1v) is 10.6. The van der Waals surface area contributed by atoms with Crippen molar-refractivity contribution in [3.63, 3.8) is 0 Å². The fourth-order valence-electron chi connectivity index (χ4n) is 4.11. The van der Waals surface area contributed by atoms with Gasteiger partial charge in [0.2, 0.25) is 5.91 Å². The molecule has 0 saturated carbocycles. The summed E-state index contributed by atoms with van der Waals surface area (Å²) in [6.45, 7) is 1.28. The largest absolute Gasteiger partial charge is 0.345 e. The van der Waals surface area contributed by atoms with E-state index < -0.39 is 0 Å². The van der Waals surface area contributed by atoms with Crippen molar-refractivity contribution in [1.82, 2.24) is 14.8 Å². The highest BCUT2D eigenvalue weighted by Gasteiger charge is 2.29. The Labute approximate surface area is 181 Å². The number of fused-ring (bicyclic) bond motifs is 1. The number of benzene rings is 2. The maximum absolute atomic E-state index is 13.1. The fourth-order valence-corrected chi connectivity index (χ4v) is 4.11. The van der Waals surface area contributed by atoms with Crippen molar-refractivity contribution in [3.8, 4) is 0 Å². The van der Waals surface area contributed by atoms with Crippen LogP contribution in [-0.4, -0.2) is 53.8 Å². The number of carbonyl (C=O) groups is 2. The summed E-state index contributed by atoms with van der Waals surface area (Å²) in [4.78, 5) is 33.7. The number of amides is 2. The molecule has 31 heavy (non-hydrogen) atoms. The smallest absolute Gasteiger partial charge is 0.254 e. The lowest BCUT2D eigenvalue weighted by Gasteiger charge is -2.18. The Hall–Kier alpha value is -3.28. The van der Waals surface area contributed by atoms with Gasteiger partial charge in [0.1, 0.15) is 5.82 Å². The number of rotatable bonds is 5. The number of hydrogen-bond acceptors (Lipinski definition) is 3. The van der Waals surface area contributed by atoms with Crippen molar-refractivity contribution in [1.29, 1.82) is 0 Å². The Morgan fingerprint density at radius 2 is 1.87 bits per heavy atom. The van der Waals surface area contributed by atoms with Gasteiger partial charge in [-0.1, -0.05) is 30.3 Å². The third-order valence-corrected chi connectivity index (χ3v) is 5.87. The van der Waals surface area contributed by atoms with E-state index in [4.69, 9.17) is 4.98 Å². The van der Waals surface area contributed by atoms with E-state index in [1.807, 2.05) is 35.2 Å². The van der Waals surface area contributed by atoms with Gasteiger partial charge >= 0.3 is 0 Å². The standard InChI is InChI=1S/C25H26FN3O2/c1-28(2)25(31)21-15-23(27-22-6-4-3-5-20(21)22)18-13-14-29(16-18)24(30)12-9-17-7-10-19(26)11-8-17/h3-8,10-11,15,18H,9,12-14,16H2,1-2H3. The molecule has 1 unspecified atom stereocenters. The number of aryl methyl sites for hydroxylation is 1. The van der Waals surface area contributed by atoms with Crippen LogP contribution in [0.5, 0.6) is 0 Å². The lowest BCUT2D eigenvalue weighted by molar-refractivity contribution is -0.130. The molecule has 0 N–H and O–H groups in total. The Morgan fingerprint density at radius 1 is 1.13 bits per heavy atom. The predicted octanol–water partition coefficient (Wildman–Crippen LogP) is 4.02. The molecule has 5 nitrogen and oxygen atoms in total. The molecule has 160 valence electrons. The highest BCUT2D eigenvalue weighted by Crippen LogP contribution is 2.30. The van der Waals surface area contributed by atoms with E-state index in [-0.39, 0.29) is 23.5 Å². The summed E-state index contributed by atoms with van der Waals surface area (Å²) < 4.78 is 13.1. The number of pyridine rings is 1. The zero-order valence-electron chi connectivity index (χ0n) is 17.8. The highest BCUT2D eigenvalue weighted by molar-refractivity contribution is 6.06. The average molecular weight is 420 g/mol. The van der Waals surface area contributed by atoms with Crippen LogP contribution in [0.4, 0.5) is 4.39 Å². The number of para-hydroxylation sites is 1. The molecular formula is C25H26FN3O2. The Bertz CT molecular complexity index is 1110. The number of halogens is 1. The third kappa shape index (κ3) is 4.58. The van der Waals surface area contributed by atoms with Crippen LogP contribution in [0.3, 0.4) is 0 Å². The van der Waals surface area contributed by atoms with Crippen molar-refractivity contribution in [2.24, 2.45) is 0 Å². The van der Waals surface area contributed by atoms with E-state index in [0.717, 1.165) is 28.6 Å². The fraction of sp³-hybridized carbons (Fsp3) is 0.320. The molecule has 1 aliphatic heterocycles. The first-order chi connectivity index (χ1) is 14.9. The van der Waals surface area contributed by atoms with Gasteiger partial charge in [-0.15, -0.1) is 0 Å². The second-order valence-electron chi connectivity index (χ2n) is 8.26. The van der Waals surface area contributed by atoms with Crippen molar-refractivity contribution >= 4 is 22.7 Å². The van der Waals surface area contributed by atoms with Gasteiger partial charge in [-0.2, -0.15) is 0 Å². The molecule has 2 amide bonds. The van der Waals surface area contributed by atoms with E-state index in [1.165, 1.54) is 12.1 Å². The summed E-state index contributed by atoms with van der Waals surface area (Å²) in [7, 11) is 3.49. The molecule has 3 aromatic rings. The number of aromatic nitrogens is 1. The van der Waals surface area contributed by atoms with Crippen molar-refractivity contribution < 1.29 is 14.0 Å². The van der Waals surface area contributed by atoms with Gasteiger partial charge in [-0.05, 0) is 42.7 Å². The SMILES string of the molecule is CN(C)C(=O)c1cc(C2CCN(C(=O)CCc3ccc(F)cc3)C2)nc2ccccc12. The van der Waals surface area contributed by atoms with E-state index in [9.17, 15) is 14.0 Å². The summed E-state index contributed by atoms with van der Waals surface area (Å²) >= 11 is 0. The zero-order chi connectivity index (χ0) is 22.0. The quantitative estimate of drug-likeness (QED) is 0.628. The van der Waals surface area contributed by atoms with Gasteiger partial charge in [0, 0.05) is 50.6 Å². The lowest BCUT2D eigenvalue weighted by atomic mass is 9.99. The van der Waals surface area contributed by atoms with Crippen LogP contribution in [-0.2, 0) is 11.2 Å². The molecule has 0 spiro atoms. The summed E-state index contributed by atoms with van der Waals surface area (Å²) in [5.41, 5.74) is 3.25. The summed E-state index contributed by atoms with van der Waals surface area (Å²) in [6.07, 6.45) is 1.81. The first kappa shape index (κ1) is 21.0. The molecule has 0 aliphatic carbocycles. The minimum absolute atomic E-state index is 0.0509. The number of nitrogens with zero attached hydrogens (tertiary/aromatic N) is 3. The van der Waals surface area contributed by atoms with E-state index in [2.05, 4.69) is 0 Å². The van der Waals surface area contributed by atoms with Gasteiger partial charge in [-0.3, -0.25) is 14.6 Å². The van der Waals surface area contributed by atoms with Crippen LogP contribution in [0.1, 0.15) is 40.4 Å². The molecule has 2 heterocycles. The summed E-state index contributed by atoms with van der Waals surface area (Å²) in [5.74, 6) is -0.122. The molecular weight excluding hydrogens is 393 g/mol. The van der Waals surface area contributed by atoms with Crippen molar-refractivity contribution in [2.75, 3.05) is 27.2 Å². The molecule has 1 atom stereocenters. The molecule has 1 aliphatic rings. The Balaban J connectivity index is 1.49. The van der Waals surface area contributed by atoms with E-state index >= 15 is 0 Å². The lowest BCUT2D eigenvalue weighted by Crippen LogP contribution is -2.28. The molecule has 0 radical (unpaired) electrons. The maximum Gasteiger partial charge on any atom is 0.254 e. The second kappa shape index (κ2) is 8.84. The topological polar surface area (TPSA) is 53.5 Å². The van der Waals surface area contributed by atoms with Crippen LogP contribution in [0, 0.1) is 5.82 Å². The normalized spacial score (nSPS) is 16.0. The van der Waals surface area contributed by atoms with Crippen LogP contribution in [0.15, 0.2) is 54.6 Å². The number of carbonyl (C=O) groups excluding carboxylic acids is 2. The van der Waals surface area contributed by atoms with Gasteiger partial charge in [0.05, 0.1) is 11.1 Å². The molecule has 0 bridgehead atoms. The Morgan fingerprint density at radius 3 is 2.61 bits per heavy atom. The molecule has 1 saturated heterocycles. The molecule has 6 heteroatoms. The zero-order valence-corrected chi connectivity index (χ0v) is 17.8. The third-order valence-electron chi connectivity index (χ3n) is 5.87.